The van der Waals surface area contributed by atoms with Crippen LogP contribution in [0.15, 0.2) is 40.3 Å². The van der Waals surface area contributed by atoms with Gasteiger partial charge in [0.15, 0.2) is 0 Å². The molecule has 1 saturated carbocycles. The van der Waals surface area contributed by atoms with Gasteiger partial charge in [-0.15, -0.1) is 5.10 Å². The molecule has 7 nitrogen and oxygen atoms in total. The first-order valence-electron chi connectivity index (χ1n) is 10.1. The minimum Gasteiger partial charge on any atom is -0.353 e. The molecule has 8 heteroatoms. The molecule has 1 aliphatic rings. The Hall–Kier alpha value is -2.61. The van der Waals surface area contributed by atoms with E-state index in [0.29, 0.717) is 16.4 Å². The van der Waals surface area contributed by atoms with Gasteiger partial charge in [-0.1, -0.05) is 62.2 Å². The smallest absolute Gasteiger partial charge is 0.290 e. The monoisotopic (exact) mass is 411 g/mol. The zero-order chi connectivity index (χ0) is 20.2. The van der Waals surface area contributed by atoms with Gasteiger partial charge in [-0.2, -0.15) is 5.10 Å². The number of carbonyl (C=O) groups excluding carboxylic acids is 1. The topological polar surface area (TPSA) is 92.1 Å². The Bertz CT molecular complexity index is 1050. The van der Waals surface area contributed by atoms with Crippen LogP contribution < -0.4 is 10.9 Å². The largest absolute Gasteiger partial charge is 0.353 e. The lowest BCUT2D eigenvalue weighted by Crippen LogP contribution is -2.37. The molecule has 1 aromatic carbocycles. The number of hydrogen-bond acceptors (Lipinski definition) is 5. The van der Waals surface area contributed by atoms with Gasteiger partial charge in [0, 0.05) is 11.6 Å². The van der Waals surface area contributed by atoms with Crippen molar-refractivity contribution in [1.82, 2.24) is 25.1 Å². The van der Waals surface area contributed by atoms with Gasteiger partial charge in [0.25, 0.3) is 5.56 Å². The average molecular weight is 412 g/mol. The minimum absolute atomic E-state index is 0.00872. The van der Waals surface area contributed by atoms with Crippen molar-refractivity contribution < 1.29 is 4.79 Å². The summed E-state index contributed by atoms with van der Waals surface area (Å²) in [5.74, 6) is 0.232. The molecule has 3 aromatic rings. The van der Waals surface area contributed by atoms with E-state index >= 15 is 0 Å². The predicted octanol–water partition coefficient (Wildman–Crippen LogP) is 3.19. The fraction of sp³-hybridized carbons (Fsp3) is 0.429. The molecule has 0 unspecified atom stereocenters. The third-order valence-corrected chi connectivity index (χ3v) is 6.27. The number of aryl methyl sites for hydroxylation is 1. The van der Waals surface area contributed by atoms with Crippen LogP contribution in [-0.2, 0) is 11.2 Å². The highest BCUT2D eigenvalue weighted by molar-refractivity contribution is 7.99. The van der Waals surface area contributed by atoms with Gasteiger partial charge in [0.05, 0.1) is 11.4 Å². The van der Waals surface area contributed by atoms with Crippen LogP contribution in [0.25, 0.3) is 16.8 Å². The summed E-state index contributed by atoms with van der Waals surface area (Å²) < 4.78 is 1.53. The van der Waals surface area contributed by atoms with Crippen molar-refractivity contribution in [3.8, 4) is 11.3 Å². The molecule has 0 radical (unpaired) electrons. The fourth-order valence-electron chi connectivity index (χ4n) is 3.68. The van der Waals surface area contributed by atoms with Gasteiger partial charge in [-0.25, -0.2) is 9.61 Å². The van der Waals surface area contributed by atoms with E-state index in [1.165, 1.54) is 41.1 Å². The van der Waals surface area contributed by atoms with Crippen LogP contribution in [0.3, 0.4) is 0 Å². The summed E-state index contributed by atoms with van der Waals surface area (Å²) >= 11 is 1.28. The lowest BCUT2D eigenvalue weighted by Gasteiger charge is -2.22. The molecule has 0 saturated heterocycles. The first kappa shape index (κ1) is 19.7. The predicted molar refractivity (Wildman–Crippen MR) is 114 cm³/mol. The molecule has 2 aromatic heterocycles. The minimum atomic E-state index is -0.301. The van der Waals surface area contributed by atoms with Crippen LogP contribution in [0.1, 0.15) is 44.6 Å². The van der Waals surface area contributed by atoms with E-state index in [-0.39, 0.29) is 23.3 Å². The van der Waals surface area contributed by atoms with Gasteiger partial charge >= 0.3 is 0 Å². The van der Waals surface area contributed by atoms with Crippen LogP contribution in [0.4, 0.5) is 0 Å². The number of benzene rings is 1. The Morgan fingerprint density at radius 3 is 2.72 bits per heavy atom. The molecule has 29 heavy (non-hydrogen) atoms. The molecule has 152 valence electrons. The second-order valence-corrected chi connectivity index (χ2v) is 8.35. The molecule has 0 atom stereocenters. The second kappa shape index (κ2) is 8.82. The Balaban J connectivity index is 1.51. The number of amides is 1. The van der Waals surface area contributed by atoms with E-state index in [0.717, 1.165) is 24.8 Å². The highest BCUT2D eigenvalue weighted by Gasteiger charge is 2.17. The number of nitrogens with one attached hydrogen (secondary N) is 2. The van der Waals surface area contributed by atoms with Crippen LogP contribution in [0, 0.1) is 0 Å². The molecule has 4 rings (SSSR count). The van der Waals surface area contributed by atoms with Crippen molar-refractivity contribution in [2.75, 3.05) is 5.75 Å². The number of hydrogen-bond donors (Lipinski definition) is 2. The Morgan fingerprint density at radius 2 is 2.00 bits per heavy atom. The van der Waals surface area contributed by atoms with Crippen LogP contribution in [-0.4, -0.2) is 37.5 Å². The van der Waals surface area contributed by atoms with Crippen LogP contribution in [0.5, 0.6) is 0 Å². The molecule has 1 fully saturated rings. The molecule has 1 amide bonds. The van der Waals surface area contributed by atoms with Crippen molar-refractivity contribution >= 4 is 23.2 Å². The number of nitrogens with zero attached hydrogens (tertiary/aromatic N) is 3. The van der Waals surface area contributed by atoms with Gasteiger partial charge in [-0.3, -0.25) is 9.59 Å². The number of fused-ring (bicyclic) bond motifs is 1. The molecule has 0 spiro atoms. The molecule has 1 aliphatic carbocycles. The Labute approximate surface area is 173 Å². The number of aromatic nitrogens is 4. The summed E-state index contributed by atoms with van der Waals surface area (Å²) in [6, 6.07) is 10.2. The summed E-state index contributed by atoms with van der Waals surface area (Å²) in [6.45, 7) is 2.11. The number of H-pyrrole nitrogens is 1. The molecular weight excluding hydrogens is 386 g/mol. The zero-order valence-electron chi connectivity index (χ0n) is 16.5. The van der Waals surface area contributed by atoms with Crippen molar-refractivity contribution in [3.05, 3.63) is 46.2 Å². The first-order valence-corrected chi connectivity index (χ1v) is 11.1. The second-order valence-electron chi connectivity index (χ2n) is 7.40. The number of carbonyl (C=O) groups is 1. The maximum Gasteiger partial charge on any atom is 0.290 e. The zero-order valence-corrected chi connectivity index (χ0v) is 17.3. The highest BCUT2D eigenvalue weighted by atomic mass is 32.2. The lowest BCUT2D eigenvalue weighted by molar-refractivity contribution is -0.119. The highest BCUT2D eigenvalue weighted by Crippen LogP contribution is 2.22. The summed E-state index contributed by atoms with van der Waals surface area (Å²) in [7, 11) is 0. The third kappa shape index (κ3) is 4.53. The number of thioether (sulfide) groups is 1. The van der Waals surface area contributed by atoms with E-state index in [9.17, 15) is 9.59 Å². The number of rotatable bonds is 6. The maximum atomic E-state index is 12.3. The van der Waals surface area contributed by atoms with Crippen molar-refractivity contribution in [1.29, 1.82) is 0 Å². The molecule has 0 bridgehead atoms. The Morgan fingerprint density at radius 1 is 1.24 bits per heavy atom. The van der Waals surface area contributed by atoms with Gasteiger partial charge in [0.1, 0.15) is 5.52 Å². The molecule has 0 aliphatic heterocycles. The number of aromatic amines is 1. The fourth-order valence-corrected chi connectivity index (χ4v) is 4.40. The van der Waals surface area contributed by atoms with Crippen LogP contribution >= 0.6 is 11.8 Å². The van der Waals surface area contributed by atoms with Gasteiger partial charge in [-0.05, 0) is 30.9 Å². The summed E-state index contributed by atoms with van der Waals surface area (Å²) in [5.41, 5.74) is 3.02. The SMILES string of the molecule is CCc1ccc(-c2cc3c(=O)[nH]nc(SCC(=O)NC4CCCCC4)n3n2)cc1. The molecular formula is C21H25N5O2S. The standard InChI is InChI=1S/C21H25N5O2S/c1-2-14-8-10-15(11-9-14)17-12-18-20(28)23-24-21(26(18)25-17)29-13-19(27)22-16-6-4-3-5-7-16/h8-12,16H,2-7,13H2,1H3,(H,22,27)(H,23,28). The Kier molecular flexibility index (Phi) is 5.99. The average Bonchev–Trinajstić information content (AvgIpc) is 3.21. The van der Waals surface area contributed by atoms with Crippen molar-refractivity contribution in [3.63, 3.8) is 0 Å². The van der Waals surface area contributed by atoms with E-state index < -0.39 is 0 Å². The van der Waals surface area contributed by atoms with Crippen LogP contribution in [0.2, 0.25) is 0 Å². The van der Waals surface area contributed by atoms with E-state index in [2.05, 4.69) is 39.7 Å². The molecule has 2 heterocycles. The summed E-state index contributed by atoms with van der Waals surface area (Å²) in [5, 5.41) is 14.8. The summed E-state index contributed by atoms with van der Waals surface area (Å²) in [4.78, 5) is 24.5. The third-order valence-electron chi connectivity index (χ3n) is 5.34. The van der Waals surface area contributed by atoms with E-state index in [1.807, 2.05) is 12.1 Å². The molecule has 2 N–H and O–H groups in total. The van der Waals surface area contributed by atoms with Crippen molar-refractivity contribution in [2.45, 2.75) is 56.6 Å². The van der Waals surface area contributed by atoms with E-state index in [1.54, 1.807) is 6.07 Å². The lowest BCUT2D eigenvalue weighted by atomic mass is 9.95. The maximum absolute atomic E-state index is 12.3. The van der Waals surface area contributed by atoms with Gasteiger partial charge in [0.2, 0.25) is 11.1 Å². The van der Waals surface area contributed by atoms with Crippen molar-refractivity contribution in [2.24, 2.45) is 0 Å². The van der Waals surface area contributed by atoms with Gasteiger partial charge < -0.3 is 5.32 Å². The quantitative estimate of drug-likeness (QED) is 0.608. The summed E-state index contributed by atoms with van der Waals surface area (Å²) in [6.07, 6.45) is 6.68. The van der Waals surface area contributed by atoms with E-state index in [4.69, 9.17) is 0 Å². The normalized spacial score (nSPS) is 14.9. The first-order chi connectivity index (χ1) is 14.1.